The zero-order valence-corrected chi connectivity index (χ0v) is 14.1. The van der Waals surface area contributed by atoms with E-state index in [-0.39, 0.29) is 11.9 Å². The third kappa shape index (κ3) is 4.07. The topological polar surface area (TPSA) is 72.7 Å². The smallest absolute Gasteiger partial charge is 0.230 e. The lowest BCUT2D eigenvalue weighted by molar-refractivity contribution is -0.119. The molecular weight excluding hydrogens is 318 g/mol. The number of hydrogen-bond donors (Lipinski definition) is 1. The van der Waals surface area contributed by atoms with E-state index in [9.17, 15) is 4.79 Å². The summed E-state index contributed by atoms with van der Waals surface area (Å²) < 4.78 is 2.89. The molecule has 0 saturated heterocycles. The minimum Gasteiger partial charge on any atom is -0.353 e. The van der Waals surface area contributed by atoms with Crippen LogP contribution >= 0.6 is 23.1 Å². The first kappa shape index (κ1) is 15.5. The summed E-state index contributed by atoms with van der Waals surface area (Å²) >= 11 is 3.10. The van der Waals surface area contributed by atoms with Crippen LogP contribution in [-0.4, -0.2) is 37.5 Å². The Labute approximate surface area is 137 Å². The van der Waals surface area contributed by atoms with Crippen molar-refractivity contribution in [2.45, 2.75) is 49.0 Å². The number of rotatable bonds is 5. The SMILES string of the molecule is Cc1csc(SCC(=O)NC2CCC(n3cncn3)CC2)n1. The zero-order valence-electron chi connectivity index (χ0n) is 12.4. The van der Waals surface area contributed by atoms with E-state index in [1.165, 1.54) is 11.8 Å². The number of hydrogen-bond acceptors (Lipinski definition) is 6. The second kappa shape index (κ2) is 7.23. The third-order valence-corrected chi connectivity index (χ3v) is 5.94. The minimum absolute atomic E-state index is 0.0991. The number of thiazole rings is 1. The Bertz CT molecular complexity index is 605. The Balaban J connectivity index is 1.39. The highest BCUT2D eigenvalue weighted by Crippen LogP contribution is 2.28. The molecule has 6 nitrogen and oxygen atoms in total. The fourth-order valence-corrected chi connectivity index (χ4v) is 4.35. The monoisotopic (exact) mass is 337 g/mol. The van der Waals surface area contributed by atoms with Crippen LogP contribution in [0.4, 0.5) is 0 Å². The van der Waals surface area contributed by atoms with Crippen molar-refractivity contribution in [3.8, 4) is 0 Å². The number of nitrogens with zero attached hydrogens (tertiary/aromatic N) is 4. The molecule has 1 amide bonds. The number of carbonyl (C=O) groups is 1. The standard InChI is InChI=1S/C14H19N5OS2/c1-10-6-21-14(17-10)22-7-13(20)18-11-2-4-12(5-3-11)19-9-15-8-16-19/h6,8-9,11-12H,2-5,7H2,1H3,(H,18,20). The van der Waals surface area contributed by atoms with Crippen LogP contribution in [0, 0.1) is 6.92 Å². The van der Waals surface area contributed by atoms with Gasteiger partial charge in [-0.2, -0.15) is 5.10 Å². The van der Waals surface area contributed by atoms with E-state index in [0.717, 1.165) is 35.7 Å². The summed E-state index contributed by atoms with van der Waals surface area (Å²) in [6.07, 6.45) is 7.41. The van der Waals surface area contributed by atoms with E-state index in [1.54, 1.807) is 24.0 Å². The van der Waals surface area contributed by atoms with Crippen LogP contribution in [0.15, 0.2) is 22.4 Å². The van der Waals surface area contributed by atoms with Gasteiger partial charge in [-0.25, -0.2) is 14.6 Å². The van der Waals surface area contributed by atoms with Crippen LogP contribution in [0.25, 0.3) is 0 Å². The molecule has 0 bridgehead atoms. The molecule has 2 aromatic rings. The molecular formula is C14H19N5OS2. The summed E-state index contributed by atoms with van der Waals surface area (Å²) in [5.74, 6) is 0.540. The average molecular weight is 337 g/mol. The lowest BCUT2D eigenvalue weighted by Gasteiger charge is -2.28. The van der Waals surface area contributed by atoms with Gasteiger partial charge in [0.15, 0.2) is 4.34 Å². The maximum absolute atomic E-state index is 12.0. The summed E-state index contributed by atoms with van der Waals surface area (Å²) in [6, 6.07) is 0.703. The molecule has 0 aliphatic heterocycles. The second-order valence-corrected chi connectivity index (χ2v) is 7.57. The fourth-order valence-electron chi connectivity index (χ4n) is 2.69. The molecule has 1 N–H and O–H groups in total. The van der Waals surface area contributed by atoms with Crippen molar-refractivity contribution in [3.63, 3.8) is 0 Å². The Morgan fingerprint density at radius 2 is 2.27 bits per heavy atom. The van der Waals surface area contributed by atoms with Gasteiger partial charge in [0.05, 0.1) is 11.8 Å². The van der Waals surface area contributed by atoms with E-state index in [1.807, 2.05) is 17.0 Å². The molecule has 0 radical (unpaired) electrons. The first-order valence-corrected chi connectivity index (χ1v) is 9.25. The van der Waals surface area contributed by atoms with Crippen molar-refractivity contribution in [2.24, 2.45) is 0 Å². The van der Waals surface area contributed by atoms with Crippen LogP contribution in [0.3, 0.4) is 0 Å². The third-order valence-electron chi connectivity index (χ3n) is 3.80. The van der Waals surface area contributed by atoms with Crippen molar-refractivity contribution < 1.29 is 4.79 Å². The number of amides is 1. The Hall–Kier alpha value is -1.41. The highest BCUT2D eigenvalue weighted by molar-refractivity contribution is 8.01. The Morgan fingerprint density at radius 3 is 2.91 bits per heavy atom. The molecule has 0 unspecified atom stereocenters. The van der Waals surface area contributed by atoms with E-state index in [4.69, 9.17) is 0 Å². The summed E-state index contributed by atoms with van der Waals surface area (Å²) in [5.41, 5.74) is 1.01. The van der Waals surface area contributed by atoms with Crippen molar-refractivity contribution in [2.75, 3.05) is 5.75 Å². The highest BCUT2D eigenvalue weighted by Gasteiger charge is 2.23. The fraction of sp³-hybridized carbons (Fsp3) is 0.571. The van der Waals surface area contributed by atoms with E-state index >= 15 is 0 Å². The molecule has 8 heteroatoms. The van der Waals surface area contributed by atoms with Gasteiger partial charge in [0.25, 0.3) is 0 Å². The second-order valence-electron chi connectivity index (χ2n) is 5.49. The van der Waals surface area contributed by atoms with Crippen LogP contribution in [0.2, 0.25) is 0 Å². The maximum atomic E-state index is 12.0. The molecule has 118 valence electrons. The van der Waals surface area contributed by atoms with Crippen molar-refractivity contribution in [1.82, 2.24) is 25.1 Å². The van der Waals surface area contributed by atoms with E-state index in [0.29, 0.717) is 11.8 Å². The van der Waals surface area contributed by atoms with Gasteiger partial charge in [0.2, 0.25) is 5.91 Å². The number of aromatic nitrogens is 4. The number of aryl methyl sites for hydroxylation is 1. The molecule has 1 fully saturated rings. The first-order chi connectivity index (χ1) is 10.7. The predicted molar refractivity (Wildman–Crippen MR) is 87.0 cm³/mol. The molecule has 0 aromatic carbocycles. The number of carbonyl (C=O) groups excluding carboxylic acids is 1. The van der Waals surface area contributed by atoms with Gasteiger partial charge >= 0.3 is 0 Å². The molecule has 1 aliphatic carbocycles. The normalized spacial score (nSPS) is 21.7. The summed E-state index contributed by atoms with van der Waals surface area (Å²) in [6.45, 7) is 1.97. The van der Waals surface area contributed by atoms with Gasteiger partial charge in [-0.1, -0.05) is 11.8 Å². The summed E-state index contributed by atoms with van der Waals surface area (Å²) in [7, 11) is 0. The molecule has 22 heavy (non-hydrogen) atoms. The maximum Gasteiger partial charge on any atom is 0.230 e. The van der Waals surface area contributed by atoms with Gasteiger partial charge in [0, 0.05) is 17.1 Å². The molecule has 0 atom stereocenters. The van der Waals surface area contributed by atoms with Gasteiger partial charge in [-0.3, -0.25) is 4.79 Å². The van der Waals surface area contributed by atoms with Crippen molar-refractivity contribution in [1.29, 1.82) is 0 Å². The molecule has 2 heterocycles. The van der Waals surface area contributed by atoms with Gasteiger partial charge in [0.1, 0.15) is 12.7 Å². The first-order valence-electron chi connectivity index (χ1n) is 7.39. The number of thioether (sulfide) groups is 1. The Kier molecular flexibility index (Phi) is 5.09. The van der Waals surface area contributed by atoms with Crippen molar-refractivity contribution in [3.05, 3.63) is 23.7 Å². The van der Waals surface area contributed by atoms with Crippen LogP contribution in [0.5, 0.6) is 0 Å². The predicted octanol–water partition coefficient (Wildman–Crippen LogP) is 2.44. The lowest BCUT2D eigenvalue weighted by atomic mass is 9.91. The van der Waals surface area contributed by atoms with E-state index in [2.05, 4.69) is 20.4 Å². The van der Waals surface area contributed by atoms with Gasteiger partial charge in [-0.15, -0.1) is 11.3 Å². The van der Waals surface area contributed by atoms with Crippen LogP contribution < -0.4 is 5.32 Å². The zero-order chi connectivity index (χ0) is 15.4. The minimum atomic E-state index is 0.0991. The summed E-state index contributed by atoms with van der Waals surface area (Å²) in [4.78, 5) is 20.4. The largest absolute Gasteiger partial charge is 0.353 e. The summed E-state index contributed by atoms with van der Waals surface area (Å²) in [5, 5.41) is 9.34. The van der Waals surface area contributed by atoms with Crippen LogP contribution in [-0.2, 0) is 4.79 Å². The molecule has 1 saturated carbocycles. The molecule has 0 spiro atoms. The Morgan fingerprint density at radius 1 is 1.45 bits per heavy atom. The molecule has 1 aliphatic rings. The average Bonchev–Trinajstić information content (AvgIpc) is 3.17. The van der Waals surface area contributed by atoms with Crippen molar-refractivity contribution >= 4 is 29.0 Å². The molecule has 2 aromatic heterocycles. The van der Waals surface area contributed by atoms with Crippen LogP contribution in [0.1, 0.15) is 37.4 Å². The highest BCUT2D eigenvalue weighted by atomic mass is 32.2. The van der Waals surface area contributed by atoms with Gasteiger partial charge in [-0.05, 0) is 32.6 Å². The quantitative estimate of drug-likeness (QED) is 0.848. The number of nitrogens with one attached hydrogen (secondary N) is 1. The van der Waals surface area contributed by atoms with E-state index < -0.39 is 0 Å². The van der Waals surface area contributed by atoms with Gasteiger partial charge < -0.3 is 5.32 Å². The lowest BCUT2D eigenvalue weighted by Crippen LogP contribution is -2.38. The molecule has 3 rings (SSSR count).